The summed E-state index contributed by atoms with van der Waals surface area (Å²) in [5.74, 6) is 0. The Morgan fingerprint density at radius 1 is 1.22 bits per heavy atom. The number of thioether (sulfide) groups is 1. The van der Waals surface area contributed by atoms with Gasteiger partial charge in [0.05, 0.1) is 0 Å². The number of unbranched alkanes of at least 4 members (excludes halogenated alkanes) is 3. The van der Waals surface area contributed by atoms with E-state index in [-0.39, 0.29) is 5.56 Å². The van der Waals surface area contributed by atoms with Crippen molar-refractivity contribution in [2.45, 2.75) is 69.8 Å². The van der Waals surface area contributed by atoms with E-state index in [0.29, 0.717) is 16.4 Å². The Morgan fingerprint density at radius 3 is 2.61 bits per heavy atom. The SMILES string of the molecule is CCCCCCn1c(SC(C)CC)nc2c1c(=O)[nH]c(=O)n2C. The van der Waals surface area contributed by atoms with Crippen LogP contribution in [-0.2, 0) is 13.6 Å². The number of nitrogens with one attached hydrogen (secondary N) is 1. The zero-order chi connectivity index (χ0) is 17.0. The quantitative estimate of drug-likeness (QED) is 0.593. The van der Waals surface area contributed by atoms with Crippen LogP contribution in [0.25, 0.3) is 11.2 Å². The number of rotatable bonds is 8. The zero-order valence-corrected chi connectivity index (χ0v) is 15.2. The summed E-state index contributed by atoms with van der Waals surface area (Å²) < 4.78 is 3.40. The first kappa shape index (κ1) is 17.8. The third kappa shape index (κ3) is 3.88. The van der Waals surface area contributed by atoms with Crippen molar-refractivity contribution in [2.24, 2.45) is 7.05 Å². The van der Waals surface area contributed by atoms with Gasteiger partial charge >= 0.3 is 5.69 Å². The monoisotopic (exact) mass is 338 g/mol. The fourth-order valence-electron chi connectivity index (χ4n) is 2.47. The zero-order valence-electron chi connectivity index (χ0n) is 14.4. The number of H-pyrrole nitrogens is 1. The highest BCUT2D eigenvalue weighted by Gasteiger charge is 2.18. The topological polar surface area (TPSA) is 72.7 Å². The van der Waals surface area contributed by atoms with Crippen LogP contribution in [0.3, 0.4) is 0 Å². The number of fused-ring (bicyclic) bond motifs is 1. The maximum Gasteiger partial charge on any atom is 0.329 e. The molecule has 0 bridgehead atoms. The lowest BCUT2D eigenvalue weighted by atomic mass is 10.2. The van der Waals surface area contributed by atoms with Crippen LogP contribution in [0.1, 0.15) is 52.9 Å². The van der Waals surface area contributed by atoms with E-state index in [4.69, 9.17) is 0 Å². The second-order valence-electron chi connectivity index (χ2n) is 5.93. The molecule has 128 valence electrons. The Balaban J connectivity index is 2.49. The minimum absolute atomic E-state index is 0.345. The number of nitrogens with zero attached hydrogens (tertiary/aromatic N) is 3. The van der Waals surface area contributed by atoms with Gasteiger partial charge in [0.1, 0.15) is 0 Å². The van der Waals surface area contributed by atoms with E-state index in [0.717, 1.165) is 31.0 Å². The molecule has 1 atom stereocenters. The molecule has 0 radical (unpaired) electrons. The fraction of sp³-hybridized carbons (Fsp3) is 0.688. The molecule has 2 heterocycles. The highest BCUT2D eigenvalue weighted by molar-refractivity contribution is 7.99. The molecular weight excluding hydrogens is 312 g/mol. The summed E-state index contributed by atoms with van der Waals surface area (Å²) >= 11 is 1.67. The second kappa shape index (κ2) is 7.86. The lowest BCUT2D eigenvalue weighted by molar-refractivity contribution is 0.562. The summed E-state index contributed by atoms with van der Waals surface area (Å²) in [6.07, 6.45) is 5.53. The van der Waals surface area contributed by atoms with Crippen molar-refractivity contribution in [1.29, 1.82) is 0 Å². The van der Waals surface area contributed by atoms with E-state index in [1.165, 1.54) is 17.4 Å². The fourth-order valence-corrected chi connectivity index (χ4v) is 3.45. The first-order chi connectivity index (χ1) is 11.0. The van der Waals surface area contributed by atoms with E-state index in [9.17, 15) is 9.59 Å². The third-order valence-corrected chi connectivity index (χ3v) is 5.35. The van der Waals surface area contributed by atoms with Gasteiger partial charge in [0.15, 0.2) is 16.3 Å². The Bertz CT molecular complexity index is 775. The van der Waals surface area contributed by atoms with Gasteiger partial charge in [-0.25, -0.2) is 9.78 Å². The van der Waals surface area contributed by atoms with Crippen molar-refractivity contribution < 1.29 is 0 Å². The molecule has 0 spiro atoms. The first-order valence-corrected chi connectivity index (χ1v) is 9.23. The molecule has 7 heteroatoms. The van der Waals surface area contributed by atoms with Crippen LogP contribution in [-0.4, -0.2) is 24.4 Å². The van der Waals surface area contributed by atoms with Crippen molar-refractivity contribution in [1.82, 2.24) is 19.1 Å². The molecule has 1 N–H and O–H groups in total. The van der Waals surface area contributed by atoms with Gasteiger partial charge in [-0.15, -0.1) is 0 Å². The van der Waals surface area contributed by atoms with Crippen LogP contribution < -0.4 is 11.2 Å². The standard InChI is InChI=1S/C16H26N4O2S/c1-5-7-8-9-10-20-12-13(17-16(20)23-11(3)6-2)19(4)15(22)18-14(12)21/h11H,5-10H2,1-4H3,(H,18,21,22). The van der Waals surface area contributed by atoms with E-state index in [1.807, 2.05) is 4.57 Å². The Morgan fingerprint density at radius 2 is 1.96 bits per heavy atom. The molecule has 2 aromatic rings. The summed E-state index contributed by atoms with van der Waals surface area (Å²) in [5.41, 5.74) is 0.217. The van der Waals surface area contributed by atoms with E-state index in [1.54, 1.807) is 18.8 Å². The third-order valence-electron chi connectivity index (χ3n) is 4.09. The van der Waals surface area contributed by atoms with Crippen LogP contribution in [0.4, 0.5) is 0 Å². The lowest BCUT2D eigenvalue weighted by Gasteiger charge is -2.11. The van der Waals surface area contributed by atoms with Crippen LogP contribution in [0.2, 0.25) is 0 Å². The van der Waals surface area contributed by atoms with Gasteiger partial charge in [0.25, 0.3) is 5.56 Å². The van der Waals surface area contributed by atoms with Gasteiger partial charge in [-0.1, -0.05) is 51.8 Å². The molecular formula is C16H26N4O2S. The molecule has 0 aromatic carbocycles. The minimum Gasteiger partial charge on any atom is -0.313 e. The predicted octanol–water partition coefficient (Wildman–Crippen LogP) is 2.89. The molecule has 0 aliphatic carbocycles. The molecule has 0 aliphatic heterocycles. The Labute approximate surface area is 140 Å². The predicted molar refractivity (Wildman–Crippen MR) is 95.3 cm³/mol. The normalized spacial score (nSPS) is 12.9. The molecule has 0 saturated carbocycles. The largest absolute Gasteiger partial charge is 0.329 e. The molecule has 0 saturated heterocycles. The summed E-state index contributed by atoms with van der Waals surface area (Å²) in [6.45, 7) is 7.22. The van der Waals surface area contributed by atoms with Gasteiger partial charge in [0.2, 0.25) is 0 Å². The molecule has 0 fully saturated rings. The number of hydrogen-bond acceptors (Lipinski definition) is 4. The van der Waals surface area contributed by atoms with Gasteiger partial charge in [-0.2, -0.15) is 0 Å². The number of aryl methyl sites for hydroxylation is 2. The van der Waals surface area contributed by atoms with Crippen molar-refractivity contribution in [3.8, 4) is 0 Å². The molecule has 0 amide bonds. The average Bonchev–Trinajstić information content (AvgIpc) is 2.88. The second-order valence-corrected chi connectivity index (χ2v) is 7.34. The molecule has 1 unspecified atom stereocenters. The molecule has 2 aromatic heterocycles. The number of aromatic nitrogens is 4. The summed E-state index contributed by atoms with van der Waals surface area (Å²) in [4.78, 5) is 31.1. The van der Waals surface area contributed by atoms with Gasteiger partial charge < -0.3 is 4.57 Å². The van der Waals surface area contributed by atoms with Crippen LogP contribution in [0.15, 0.2) is 14.7 Å². The summed E-state index contributed by atoms with van der Waals surface area (Å²) in [7, 11) is 1.65. The maximum atomic E-state index is 12.3. The van der Waals surface area contributed by atoms with Gasteiger partial charge in [-0.05, 0) is 12.8 Å². The highest BCUT2D eigenvalue weighted by Crippen LogP contribution is 2.27. The minimum atomic E-state index is -0.418. The van der Waals surface area contributed by atoms with Crippen LogP contribution in [0, 0.1) is 0 Å². The van der Waals surface area contributed by atoms with Gasteiger partial charge in [0, 0.05) is 18.8 Å². The molecule has 6 nitrogen and oxygen atoms in total. The van der Waals surface area contributed by atoms with E-state index < -0.39 is 5.69 Å². The van der Waals surface area contributed by atoms with E-state index >= 15 is 0 Å². The van der Waals surface area contributed by atoms with Gasteiger partial charge in [-0.3, -0.25) is 14.3 Å². The van der Waals surface area contributed by atoms with Crippen LogP contribution >= 0.6 is 11.8 Å². The van der Waals surface area contributed by atoms with Crippen molar-refractivity contribution >= 4 is 22.9 Å². The number of hydrogen-bond donors (Lipinski definition) is 1. The van der Waals surface area contributed by atoms with Crippen LogP contribution in [0.5, 0.6) is 0 Å². The molecule has 2 rings (SSSR count). The molecule has 0 aliphatic rings. The Hall–Kier alpha value is -1.50. The average molecular weight is 338 g/mol. The summed E-state index contributed by atoms with van der Waals surface area (Å²) in [6, 6.07) is 0. The molecule has 23 heavy (non-hydrogen) atoms. The van der Waals surface area contributed by atoms with Crippen molar-refractivity contribution in [3.05, 3.63) is 20.8 Å². The maximum absolute atomic E-state index is 12.3. The van der Waals surface area contributed by atoms with E-state index in [2.05, 4.69) is 30.7 Å². The van der Waals surface area contributed by atoms with Crippen molar-refractivity contribution in [3.63, 3.8) is 0 Å². The first-order valence-electron chi connectivity index (χ1n) is 8.35. The number of imidazole rings is 1. The lowest BCUT2D eigenvalue weighted by Crippen LogP contribution is -2.29. The Kier molecular flexibility index (Phi) is 6.10. The smallest absolute Gasteiger partial charge is 0.313 e. The van der Waals surface area contributed by atoms with Crippen molar-refractivity contribution in [2.75, 3.05) is 0 Å². The highest BCUT2D eigenvalue weighted by atomic mass is 32.2. The number of aromatic amines is 1. The summed E-state index contributed by atoms with van der Waals surface area (Å²) in [5, 5.41) is 1.25.